The fourth-order valence-corrected chi connectivity index (χ4v) is 1.53. The van der Waals surface area contributed by atoms with E-state index in [9.17, 15) is 4.79 Å². The topological polar surface area (TPSA) is 55.1 Å². The van der Waals surface area contributed by atoms with E-state index in [1.807, 2.05) is 38.1 Å². The molecule has 0 aliphatic heterocycles. The predicted molar refractivity (Wildman–Crippen MR) is 67.3 cm³/mol. The summed E-state index contributed by atoms with van der Waals surface area (Å²) in [5.41, 5.74) is 7.63. The Bertz CT molecular complexity index is 348. The Labute approximate surface area is 97.0 Å². The molecule has 3 heteroatoms. The molecule has 0 saturated carbocycles. The van der Waals surface area contributed by atoms with Gasteiger partial charge >= 0.3 is 0 Å². The summed E-state index contributed by atoms with van der Waals surface area (Å²) < 4.78 is 0. The van der Waals surface area contributed by atoms with Gasteiger partial charge in [-0.05, 0) is 44.4 Å². The fraction of sp³-hybridized carbons (Fsp3) is 0.462. The third kappa shape index (κ3) is 4.94. The van der Waals surface area contributed by atoms with Gasteiger partial charge < -0.3 is 11.1 Å². The van der Waals surface area contributed by atoms with Gasteiger partial charge in [0.2, 0.25) is 5.91 Å². The number of rotatable bonds is 5. The summed E-state index contributed by atoms with van der Waals surface area (Å²) >= 11 is 0. The number of nitrogens with two attached hydrogens (primary N) is 1. The maximum Gasteiger partial charge on any atom is 0.224 e. The number of amides is 1. The molecular formula is C13H20N2O. The molecule has 0 heterocycles. The summed E-state index contributed by atoms with van der Waals surface area (Å²) in [6, 6.07) is 7.98. The standard InChI is InChI=1S/C13H20N2O/c1-10-5-3-7-12(9-10)15-13(16)8-4-6-11(2)14/h3,5,7,9,11H,4,6,8,14H2,1-2H3,(H,15,16). The second kappa shape index (κ2) is 6.28. The second-order valence-electron chi connectivity index (χ2n) is 4.29. The van der Waals surface area contributed by atoms with Crippen LogP contribution in [0.3, 0.4) is 0 Å². The van der Waals surface area contributed by atoms with Gasteiger partial charge in [-0.15, -0.1) is 0 Å². The maximum atomic E-state index is 11.6. The Morgan fingerprint density at radius 3 is 2.88 bits per heavy atom. The summed E-state index contributed by atoms with van der Waals surface area (Å²) in [5, 5.41) is 2.88. The van der Waals surface area contributed by atoms with Crippen molar-refractivity contribution in [3.05, 3.63) is 29.8 Å². The highest BCUT2D eigenvalue weighted by molar-refractivity contribution is 5.90. The smallest absolute Gasteiger partial charge is 0.224 e. The Kier molecular flexibility index (Phi) is 4.99. The number of aryl methyl sites for hydroxylation is 1. The van der Waals surface area contributed by atoms with Crippen LogP contribution in [-0.2, 0) is 4.79 Å². The first-order chi connectivity index (χ1) is 7.58. The highest BCUT2D eigenvalue weighted by Crippen LogP contribution is 2.10. The van der Waals surface area contributed by atoms with Crippen molar-refractivity contribution in [2.45, 2.75) is 39.2 Å². The molecule has 0 fully saturated rings. The third-order valence-corrected chi connectivity index (χ3v) is 2.37. The molecule has 1 aromatic carbocycles. The Morgan fingerprint density at radius 1 is 1.50 bits per heavy atom. The van der Waals surface area contributed by atoms with Gasteiger partial charge in [-0.2, -0.15) is 0 Å². The van der Waals surface area contributed by atoms with Crippen molar-refractivity contribution in [1.82, 2.24) is 0 Å². The highest BCUT2D eigenvalue weighted by Gasteiger charge is 2.03. The van der Waals surface area contributed by atoms with Crippen LogP contribution >= 0.6 is 0 Å². The van der Waals surface area contributed by atoms with Gasteiger partial charge in [0.05, 0.1) is 0 Å². The van der Waals surface area contributed by atoms with E-state index in [1.54, 1.807) is 0 Å². The minimum atomic E-state index is 0.0613. The number of anilines is 1. The summed E-state index contributed by atoms with van der Waals surface area (Å²) in [6.07, 6.45) is 2.27. The normalized spacial score (nSPS) is 12.2. The molecular weight excluding hydrogens is 200 g/mol. The van der Waals surface area contributed by atoms with E-state index < -0.39 is 0 Å². The quantitative estimate of drug-likeness (QED) is 0.800. The number of hydrogen-bond acceptors (Lipinski definition) is 2. The van der Waals surface area contributed by atoms with Crippen LogP contribution < -0.4 is 11.1 Å². The molecule has 3 N–H and O–H groups in total. The maximum absolute atomic E-state index is 11.6. The monoisotopic (exact) mass is 220 g/mol. The van der Waals surface area contributed by atoms with Gasteiger partial charge in [-0.1, -0.05) is 12.1 Å². The van der Waals surface area contributed by atoms with Crippen molar-refractivity contribution < 1.29 is 4.79 Å². The molecule has 0 aliphatic carbocycles. The molecule has 0 bridgehead atoms. The van der Waals surface area contributed by atoms with Crippen LogP contribution in [0.1, 0.15) is 31.7 Å². The van der Waals surface area contributed by atoms with Crippen LogP contribution in [0.25, 0.3) is 0 Å². The lowest BCUT2D eigenvalue weighted by Gasteiger charge is -2.07. The molecule has 0 aliphatic rings. The summed E-state index contributed by atoms with van der Waals surface area (Å²) in [5.74, 6) is 0.0613. The Balaban J connectivity index is 2.34. The molecule has 1 aromatic rings. The SMILES string of the molecule is Cc1cccc(NC(=O)CCCC(C)N)c1. The van der Waals surface area contributed by atoms with Gasteiger partial charge in [-0.25, -0.2) is 0 Å². The van der Waals surface area contributed by atoms with E-state index in [1.165, 1.54) is 0 Å². The van der Waals surface area contributed by atoms with Gasteiger partial charge in [0, 0.05) is 18.2 Å². The second-order valence-corrected chi connectivity index (χ2v) is 4.29. The first kappa shape index (κ1) is 12.7. The zero-order chi connectivity index (χ0) is 12.0. The molecule has 16 heavy (non-hydrogen) atoms. The lowest BCUT2D eigenvalue weighted by Crippen LogP contribution is -2.16. The highest BCUT2D eigenvalue weighted by atomic mass is 16.1. The van der Waals surface area contributed by atoms with Crippen LogP contribution in [0.5, 0.6) is 0 Å². The zero-order valence-corrected chi connectivity index (χ0v) is 9.99. The predicted octanol–water partition coefficient (Wildman–Crippen LogP) is 2.45. The molecule has 0 saturated heterocycles. The lowest BCUT2D eigenvalue weighted by atomic mass is 10.1. The summed E-state index contributed by atoms with van der Waals surface area (Å²) in [6.45, 7) is 3.96. The molecule has 0 aromatic heterocycles. The number of hydrogen-bond donors (Lipinski definition) is 2. The van der Waals surface area contributed by atoms with E-state index in [0.29, 0.717) is 6.42 Å². The minimum Gasteiger partial charge on any atom is -0.328 e. The Hall–Kier alpha value is -1.35. The average molecular weight is 220 g/mol. The van der Waals surface area contributed by atoms with Crippen molar-refractivity contribution in [2.75, 3.05) is 5.32 Å². The number of nitrogens with one attached hydrogen (secondary N) is 1. The third-order valence-electron chi connectivity index (χ3n) is 2.37. The molecule has 0 radical (unpaired) electrons. The molecule has 1 amide bonds. The van der Waals surface area contributed by atoms with Crippen molar-refractivity contribution in [3.8, 4) is 0 Å². The fourth-order valence-electron chi connectivity index (χ4n) is 1.53. The molecule has 3 nitrogen and oxygen atoms in total. The van der Waals surface area contributed by atoms with E-state index in [0.717, 1.165) is 24.1 Å². The summed E-state index contributed by atoms with van der Waals surface area (Å²) in [4.78, 5) is 11.6. The van der Waals surface area contributed by atoms with E-state index in [2.05, 4.69) is 5.32 Å². The van der Waals surface area contributed by atoms with Crippen molar-refractivity contribution in [3.63, 3.8) is 0 Å². The van der Waals surface area contributed by atoms with E-state index >= 15 is 0 Å². The number of carbonyl (C=O) groups is 1. The first-order valence-corrected chi connectivity index (χ1v) is 5.70. The Morgan fingerprint density at radius 2 is 2.25 bits per heavy atom. The molecule has 1 rings (SSSR count). The van der Waals surface area contributed by atoms with Crippen molar-refractivity contribution in [2.24, 2.45) is 5.73 Å². The molecule has 88 valence electrons. The summed E-state index contributed by atoms with van der Waals surface area (Å²) in [7, 11) is 0. The van der Waals surface area contributed by atoms with Crippen molar-refractivity contribution in [1.29, 1.82) is 0 Å². The first-order valence-electron chi connectivity index (χ1n) is 5.70. The van der Waals surface area contributed by atoms with Gasteiger partial charge in [0.15, 0.2) is 0 Å². The van der Waals surface area contributed by atoms with Crippen LogP contribution in [-0.4, -0.2) is 11.9 Å². The van der Waals surface area contributed by atoms with Gasteiger partial charge in [0.1, 0.15) is 0 Å². The van der Waals surface area contributed by atoms with Gasteiger partial charge in [0.25, 0.3) is 0 Å². The van der Waals surface area contributed by atoms with E-state index in [4.69, 9.17) is 5.73 Å². The van der Waals surface area contributed by atoms with Crippen LogP contribution in [0.4, 0.5) is 5.69 Å². The number of benzene rings is 1. The molecule has 1 unspecified atom stereocenters. The number of carbonyl (C=O) groups excluding carboxylic acids is 1. The van der Waals surface area contributed by atoms with Crippen LogP contribution in [0.15, 0.2) is 24.3 Å². The van der Waals surface area contributed by atoms with Crippen LogP contribution in [0.2, 0.25) is 0 Å². The van der Waals surface area contributed by atoms with Crippen LogP contribution in [0, 0.1) is 6.92 Å². The van der Waals surface area contributed by atoms with E-state index in [-0.39, 0.29) is 11.9 Å². The van der Waals surface area contributed by atoms with Crippen molar-refractivity contribution >= 4 is 11.6 Å². The van der Waals surface area contributed by atoms with Gasteiger partial charge in [-0.3, -0.25) is 4.79 Å². The lowest BCUT2D eigenvalue weighted by molar-refractivity contribution is -0.116. The molecule has 0 spiro atoms. The average Bonchev–Trinajstić information content (AvgIpc) is 2.16. The largest absolute Gasteiger partial charge is 0.328 e. The zero-order valence-electron chi connectivity index (χ0n) is 9.99. The molecule has 1 atom stereocenters. The minimum absolute atomic E-state index is 0.0613.